The van der Waals surface area contributed by atoms with Gasteiger partial charge in [-0.2, -0.15) is 4.31 Å². The number of carbonyl (C=O) groups is 1. The number of sulfonamides is 1. The predicted molar refractivity (Wildman–Crippen MR) is 138 cm³/mol. The van der Waals surface area contributed by atoms with Crippen molar-refractivity contribution < 1.29 is 27.1 Å². The summed E-state index contributed by atoms with van der Waals surface area (Å²) in [4.78, 5) is 13.1. The van der Waals surface area contributed by atoms with Crippen LogP contribution in [0, 0.1) is 18.8 Å². The Bertz CT molecular complexity index is 1350. The van der Waals surface area contributed by atoms with Gasteiger partial charge in [0.2, 0.25) is 10.0 Å². The van der Waals surface area contributed by atoms with Gasteiger partial charge < -0.3 is 19.2 Å². The van der Waals surface area contributed by atoms with Crippen LogP contribution < -0.4 is 14.8 Å². The number of aryl methyl sites for hydroxylation is 1. The van der Waals surface area contributed by atoms with Crippen LogP contribution in [0.25, 0.3) is 11.0 Å². The third-order valence-electron chi connectivity index (χ3n) is 6.73. The average molecular weight is 515 g/mol. The Kier molecular flexibility index (Phi) is 7.61. The van der Waals surface area contributed by atoms with Gasteiger partial charge >= 0.3 is 0 Å². The number of fused-ring (bicyclic) bond motifs is 1. The highest BCUT2D eigenvalue weighted by atomic mass is 32.2. The SMILES string of the molecule is COc1ccc(CCNC(=O)c2oc3ccc(S(=O)(=O)N4C[C@H](C)C[C@H](C)C4)cc3c2C)cc1OC. The number of carbonyl (C=O) groups excluding carboxylic acids is 1. The summed E-state index contributed by atoms with van der Waals surface area (Å²) in [7, 11) is -0.466. The van der Waals surface area contributed by atoms with Gasteiger partial charge in [0.1, 0.15) is 5.58 Å². The molecule has 1 fully saturated rings. The van der Waals surface area contributed by atoms with Crippen molar-refractivity contribution in [3.8, 4) is 11.5 Å². The minimum Gasteiger partial charge on any atom is -0.493 e. The molecule has 0 bridgehead atoms. The lowest BCUT2D eigenvalue weighted by Gasteiger charge is -2.34. The fraction of sp³-hybridized carbons (Fsp3) is 0.444. The number of furan rings is 1. The van der Waals surface area contributed by atoms with E-state index in [9.17, 15) is 13.2 Å². The summed E-state index contributed by atoms with van der Waals surface area (Å²) in [6.07, 6.45) is 1.62. The second kappa shape index (κ2) is 10.5. The molecule has 1 aromatic heterocycles. The van der Waals surface area contributed by atoms with Crippen LogP contribution in [0.1, 0.15) is 41.9 Å². The van der Waals surface area contributed by atoms with Gasteiger partial charge in [0, 0.05) is 30.6 Å². The number of methoxy groups -OCH3 is 2. The number of nitrogens with zero attached hydrogens (tertiary/aromatic N) is 1. The minimum absolute atomic E-state index is 0.187. The van der Waals surface area contributed by atoms with Crippen molar-refractivity contribution in [2.24, 2.45) is 11.8 Å². The molecule has 2 atom stereocenters. The fourth-order valence-electron chi connectivity index (χ4n) is 4.96. The van der Waals surface area contributed by atoms with Crippen molar-refractivity contribution in [3.63, 3.8) is 0 Å². The van der Waals surface area contributed by atoms with Crippen molar-refractivity contribution in [1.29, 1.82) is 0 Å². The standard InChI is InChI=1S/C27H34N2O6S/c1-17-12-18(2)16-29(15-17)36(31,32)21-7-9-23-22(14-21)19(3)26(35-23)27(30)28-11-10-20-6-8-24(33-4)25(13-20)34-5/h6-9,13-14,17-18H,10-12,15-16H2,1-5H3,(H,28,30)/t17-,18+. The fourth-order valence-corrected chi connectivity index (χ4v) is 6.67. The Morgan fingerprint density at radius 1 is 1.06 bits per heavy atom. The highest BCUT2D eigenvalue weighted by molar-refractivity contribution is 7.89. The molecule has 3 aromatic rings. The highest BCUT2D eigenvalue weighted by Gasteiger charge is 2.32. The molecule has 2 aromatic carbocycles. The van der Waals surface area contributed by atoms with E-state index in [4.69, 9.17) is 13.9 Å². The van der Waals surface area contributed by atoms with E-state index >= 15 is 0 Å². The largest absolute Gasteiger partial charge is 0.493 e. The number of ether oxygens (including phenoxy) is 2. The van der Waals surface area contributed by atoms with Crippen LogP contribution in [-0.2, 0) is 16.4 Å². The Balaban J connectivity index is 1.49. The number of rotatable bonds is 8. The second-order valence-corrected chi connectivity index (χ2v) is 11.6. The van der Waals surface area contributed by atoms with E-state index in [0.29, 0.717) is 65.9 Å². The van der Waals surface area contributed by atoms with Gasteiger partial charge in [0.15, 0.2) is 17.3 Å². The zero-order valence-electron chi connectivity index (χ0n) is 21.5. The van der Waals surface area contributed by atoms with Gasteiger partial charge in [-0.25, -0.2) is 8.42 Å². The van der Waals surface area contributed by atoms with Crippen molar-refractivity contribution in [3.05, 3.63) is 53.3 Å². The molecule has 1 amide bonds. The lowest BCUT2D eigenvalue weighted by atomic mass is 9.94. The van der Waals surface area contributed by atoms with Crippen molar-refractivity contribution in [1.82, 2.24) is 9.62 Å². The van der Waals surface area contributed by atoms with Crippen LogP contribution in [0.3, 0.4) is 0 Å². The predicted octanol–water partition coefficient (Wildman–Crippen LogP) is 4.40. The van der Waals surface area contributed by atoms with E-state index in [1.165, 1.54) is 0 Å². The molecule has 1 saturated heterocycles. The molecular weight excluding hydrogens is 480 g/mol. The molecule has 0 unspecified atom stereocenters. The summed E-state index contributed by atoms with van der Waals surface area (Å²) in [6, 6.07) is 10.4. The second-order valence-electron chi connectivity index (χ2n) is 9.68. The van der Waals surface area contributed by atoms with Gasteiger partial charge in [0.05, 0.1) is 19.1 Å². The molecule has 0 spiro atoms. The average Bonchev–Trinajstić information content (AvgIpc) is 3.19. The molecule has 1 aliphatic heterocycles. The van der Waals surface area contributed by atoms with E-state index in [0.717, 1.165) is 12.0 Å². The Morgan fingerprint density at radius 3 is 2.42 bits per heavy atom. The van der Waals surface area contributed by atoms with Gasteiger partial charge in [-0.05, 0) is 67.5 Å². The lowest BCUT2D eigenvalue weighted by molar-refractivity contribution is 0.0927. The van der Waals surface area contributed by atoms with E-state index in [2.05, 4.69) is 19.2 Å². The highest BCUT2D eigenvalue weighted by Crippen LogP contribution is 2.31. The molecule has 2 heterocycles. The van der Waals surface area contributed by atoms with Crippen molar-refractivity contribution in [2.75, 3.05) is 33.9 Å². The smallest absolute Gasteiger partial charge is 0.287 e. The molecule has 0 aliphatic carbocycles. The van der Waals surface area contributed by atoms with Crippen LogP contribution in [0.15, 0.2) is 45.7 Å². The summed E-state index contributed by atoms with van der Waals surface area (Å²) in [5.74, 6) is 1.76. The maximum absolute atomic E-state index is 13.3. The quantitative estimate of drug-likeness (QED) is 0.479. The zero-order chi connectivity index (χ0) is 26.0. The number of piperidine rings is 1. The summed E-state index contributed by atoms with van der Waals surface area (Å²) in [6.45, 7) is 7.37. The van der Waals surface area contributed by atoms with Crippen LogP contribution in [0.2, 0.25) is 0 Å². The molecule has 9 heteroatoms. The molecule has 1 N–H and O–H groups in total. The first-order valence-electron chi connectivity index (χ1n) is 12.2. The van der Waals surface area contributed by atoms with Gasteiger partial charge in [-0.1, -0.05) is 19.9 Å². The van der Waals surface area contributed by atoms with Crippen molar-refractivity contribution in [2.45, 2.75) is 38.5 Å². The lowest BCUT2D eigenvalue weighted by Crippen LogP contribution is -2.42. The number of hydrogen-bond acceptors (Lipinski definition) is 6. The summed E-state index contributed by atoms with van der Waals surface area (Å²) in [5, 5.41) is 3.51. The summed E-state index contributed by atoms with van der Waals surface area (Å²) < 4.78 is 44.7. The Morgan fingerprint density at radius 2 is 1.75 bits per heavy atom. The maximum atomic E-state index is 13.3. The Labute approximate surface area is 212 Å². The topological polar surface area (TPSA) is 98.1 Å². The van der Waals surface area contributed by atoms with Gasteiger partial charge in [-0.3, -0.25) is 4.79 Å². The van der Waals surface area contributed by atoms with E-state index < -0.39 is 10.0 Å². The van der Waals surface area contributed by atoms with E-state index in [1.807, 2.05) is 18.2 Å². The Hall–Kier alpha value is -3.04. The zero-order valence-corrected chi connectivity index (χ0v) is 22.3. The van der Waals surface area contributed by atoms with Crippen LogP contribution in [0.4, 0.5) is 0 Å². The third-order valence-corrected chi connectivity index (χ3v) is 8.56. The van der Waals surface area contributed by atoms with Crippen LogP contribution in [0.5, 0.6) is 11.5 Å². The molecule has 36 heavy (non-hydrogen) atoms. The third kappa shape index (κ3) is 5.22. The normalized spacial score (nSPS) is 18.8. The van der Waals surface area contributed by atoms with Gasteiger partial charge in [-0.15, -0.1) is 0 Å². The molecule has 194 valence electrons. The molecule has 4 rings (SSSR count). The number of nitrogens with one attached hydrogen (secondary N) is 1. The number of hydrogen-bond donors (Lipinski definition) is 1. The monoisotopic (exact) mass is 514 g/mol. The van der Waals surface area contributed by atoms with E-state index in [-0.39, 0.29) is 16.6 Å². The van der Waals surface area contributed by atoms with E-state index in [1.54, 1.807) is 43.6 Å². The summed E-state index contributed by atoms with van der Waals surface area (Å²) >= 11 is 0. The van der Waals surface area contributed by atoms with Crippen LogP contribution >= 0.6 is 0 Å². The minimum atomic E-state index is -3.63. The molecule has 0 saturated carbocycles. The maximum Gasteiger partial charge on any atom is 0.287 e. The molecule has 1 aliphatic rings. The number of benzene rings is 2. The number of amides is 1. The van der Waals surface area contributed by atoms with Gasteiger partial charge in [0.25, 0.3) is 5.91 Å². The van der Waals surface area contributed by atoms with Crippen molar-refractivity contribution >= 4 is 26.9 Å². The first-order valence-corrected chi connectivity index (χ1v) is 13.6. The summed E-state index contributed by atoms with van der Waals surface area (Å²) in [5.41, 5.74) is 2.09. The molecule has 0 radical (unpaired) electrons. The molecular formula is C27H34N2O6S. The first kappa shape index (κ1) is 26.0. The molecule has 8 nitrogen and oxygen atoms in total. The first-order chi connectivity index (χ1) is 17.1. The van der Waals surface area contributed by atoms with Crippen LogP contribution in [-0.4, -0.2) is 52.5 Å².